The van der Waals surface area contributed by atoms with E-state index in [0.717, 1.165) is 22.7 Å². The summed E-state index contributed by atoms with van der Waals surface area (Å²) in [7, 11) is 1.57. The summed E-state index contributed by atoms with van der Waals surface area (Å²) < 4.78 is 0. The van der Waals surface area contributed by atoms with Crippen LogP contribution in [0.5, 0.6) is 0 Å². The summed E-state index contributed by atoms with van der Waals surface area (Å²) in [5, 5.41) is 13.2. The number of hydrogen-bond donors (Lipinski definition) is 2. The van der Waals surface area contributed by atoms with Crippen LogP contribution in [0.15, 0.2) is 16.3 Å². The maximum absolute atomic E-state index is 11.9. The first-order valence-electron chi connectivity index (χ1n) is 6.39. The highest BCUT2D eigenvalue weighted by Gasteiger charge is 2.14. The standard InChI is InChI=1S/C13H18N2O4S2/c1-3-4-14-11(16)6-15(2)12(17)8-20-9-5-10(13(18)19)21-7-9/h5,7H,3-4,6,8H2,1-2H3,(H,14,16)(H,18,19). The average molecular weight is 330 g/mol. The third kappa shape index (κ3) is 6.17. The number of thiophene rings is 1. The molecule has 0 fully saturated rings. The van der Waals surface area contributed by atoms with E-state index in [-0.39, 0.29) is 29.0 Å². The molecule has 0 saturated carbocycles. The quantitative estimate of drug-likeness (QED) is 0.706. The molecule has 0 aliphatic carbocycles. The lowest BCUT2D eigenvalue weighted by molar-refractivity contribution is -0.132. The zero-order valence-electron chi connectivity index (χ0n) is 11.9. The van der Waals surface area contributed by atoms with Crippen molar-refractivity contribution in [1.29, 1.82) is 0 Å². The van der Waals surface area contributed by atoms with Gasteiger partial charge in [-0.15, -0.1) is 23.1 Å². The average Bonchev–Trinajstić information content (AvgIpc) is 2.91. The van der Waals surface area contributed by atoms with E-state index in [4.69, 9.17) is 5.11 Å². The smallest absolute Gasteiger partial charge is 0.345 e. The lowest BCUT2D eigenvalue weighted by Crippen LogP contribution is -2.39. The van der Waals surface area contributed by atoms with Crippen molar-refractivity contribution in [3.8, 4) is 0 Å². The summed E-state index contributed by atoms with van der Waals surface area (Å²) in [4.78, 5) is 36.5. The summed E-state index contributed by atoms with van der Waals surface area (Å²) in [6.45, 7) is 2.59. The fourth-order valence-corrected chi connectivity index (χ4v) is 3.20. The molecule has 2 N–H and O–H groups in total. The number of hydrogen-bond acceptors (Lipinski definition) is 5. The number of likely N-dealkylation sites (N-methyl/N-ethyl adjacent to an activating group) is 1. The van der Waals surface area contributed by atoms with Crippen molar-refractivity contribution in [2.75, 3.05) is 25.9 Å². The van der Waals surface area contributed by atoms with Gasteiger partial charge in [0.25, 0.3) is 0 Å². The molecule has 0 unspecified atom stereocenters. The van der Waals surface area contributed by atoms with Crippen LogP contribution < -0.4 is 5.32 Å². The second kappa shape index (κ2) is 8.68. The SMILES string of the molecule is CCCNC(=O)CN(C)C(=O)CSc1csc(C(=O)O)c1. The Bertz CT molecular complexity index is 516. The van der Waals surface area contributed by atoms with Crippen LogP contribution in [-0.2, 0) is 9.59 Å². The second-order valence-electron chi connectivity index (χ2n) is 4.34. The summed E-state index contributed by atoms with van der Waals surface area (Å²) in [6.07, 6.45) is 0.851. The van der Waals surface area contributed by atoms with Crippen molar-refractivity contribution < 1.29 is 19.5 Å². The zero-order chi connectivity index (χ0) is 15.8. The van der Waals surface area contributed by atoms with E-state index in [1.54, 1.807) is 18.5 Å². The highest BCUT2D eigenvalue weighted by atomic mass is 32.2. The molecule has 8 heteroatoms. The Balaban J connectivity index is 2.38. The molecule has 0 aliphatic rings. The molecule has 21 heavy (non-hydrogen) atoms. The fourth-order valence-electron chi connectivity index (χ4n) is 1.39. The molecule has 6 nitrogen and oxygen atoms in total. The van der Waals surface area contributed by atoms with Gasteiger partial charge >= 0.3 is 5.97 Å². The number of rotatable bonds is 8. The summed E-state index contributed by atoms with van der Waals surface area (Å²) in [5.74, 6) is -1.15. The van der Waals surface area contributed by atoms with Crippen LogP contribution in [0.3, 0.4) is 0 Å². The van der Waals surface area contributed by atoms with Gasteiger partial charge in [0.2, 0.25) is 11.8 Å². The Hall–Kier alpha value is -1.54. The Morgan fingerprint density at radius 1 is 1.43 bits per heavy atom. The Labute approximate surface area is 131 Å². The van der Waals surface area contributed by atoms with Gasteiger partial charge in [0.1, 0.15) is 4.88 Å². The van der Waals surface area contributed by atoms with Crippen LogP contribution in [0.2, 0.25) is 0 Å². The maximum Gasteiger partial charge on any atom is 0.345 e. The van der Waals surface area contributed by atoms with Gasteiger partial charge in [-0.1, -0.05) is 6.92 Å². The molecule has 1 aromatic heterocycles. The molecular formula is C13H18N2O4S2. The largest absolute Gasteiger partial charge is 0.477 e. The molecular weight excluding hydrogens is 312 g/mol. The molecule has 0 spiro atoms. The van der Waals surface area contributed by atoms with E-state index in [9.17, 15) is 14.4 Å². The molecule has 0 radical (unpaired) electrons. The number of nitrogens with one attached hydrogen (secondary N) is 1. The Morgan fingerprint density at radius 2 is 2.14 bits per heavy atom. The van der Waals surface area contributed by atoms with Gasteiger partial charge in [-0.2, -0.15) is 0 Å². The molecule has 1 heterocycles. The first-order chi connectivity index (χ1) is 9.93. The minimum absolute atomic E-state index is 0.0312. The minimum Gasteiger partial charge on any atom is -0.477 e. The van der Waals surface area contributed by atoms with Gasteiger partial charge < -0.3 is 15.3 Å². The van der Waals surface area contributed by atoms with Gasteiger partial charge in [-0.3, -0.25) is 9.59 Å². The first kappa shape index (κ1) is 17.5. The van der Waals surface area contributed by atoms with E-state index in [1.807, 2.05) is 6.92 Å². The minimum atomic E-state index is -0.970. The van der Waals surface area contributed by atoms with Crippen molar-refractivity contribution in [2.24, 2.45) is 0 Å². The lowest BCUT2D eigenvalue weighted by atomic mass is 10.4. The topological polar surface area (TPSA) is 86.7 Å². The van der Waals surface area contributed by atoms with Crippen molar-refractivity contribution in [3.05, 3.63) is 16.3 Å². The normalized spacial score (nSPS) is 10.2. The number of thioether (sulfide) groups is 1. The second-order valence-corrected chi connectivity index (χ2v) is 6.30. The Kier molecular flexibility index (Phi) is 7.24. The predicted molar refractivity (Wildman–Crippen MR) is 82.9 cm³/mol. The van der Waals surface area contributed by atoms with E-state index >= 15 is 0 Å². The van der Waals surface area contributed by atoms with Crippen LogP contribution in [-0.4, -0.2) is 53.7 Å². The molecule has 1 aromatic rings. The molecule has 0 aromatic carbocycles. The molecule has 0 saturated heterocycles. The molecule has 0 aliphatic heterocycles. The summed E-state index contributed by atoms with van der Waals surface area (Å²) in [5.41, 5.74) is 0. The first-order valence-corrected chi connectivity index (χ1v) is 8.25. The molecule has 0 atom stereocenters. The summed E-state index contributed by atoms with van der Waals surface area (Å²) >= 11 is 2.39. The van der Waals surface area contributed by atoms with Gasteiger partial charge in [-0.25, -0.2) is 4.79 Å². The van der Waals surface area contributed by atoms with Crippen molar-refractivity contribution >= 4 is 40.9 Å². The lowest BCUT2D eigenvalue weighted by Gasteiger charge is -2.16. The van der Waals surface area contributed by atoms with Crippen molar-refractivity contribution in [2.45, 2.75) is 18.2 Å². The molecule has 1 rings (SSSR count). The van der Waals surface area contributed by atoms with Crippen LogP contribution >= 0.6 is 23.1 Å². The Morgan fingerprint density at radius 3 is 2.71 bits per heavy atom. The highest BCUT2D eigenvalue weighted by Crippen LogP contribution is 2.24. The zero-order valence-corrected chi connectivity index (χ0v) is 13.6. The van der Waals surface area contributed by atoms with Crippen LogP contribution in [0.25, 0.3) is 0 Å². The third-order valence-electron chi connectivity index (χ3n) is 2.53. The van der Waals surface area contributed by atoms with Gasteiger partial charge in [0, 0.05) is 23.9 Å². The monoisotopic (exact) mass is 330 g/mol. The van der Waals surface area contributed by atoms with Crippen molar-refractivity contribution in [3.63, 3.8) is 0 Å². The fraction of sp³-hybridized carbons (Fsp3) is 0.462. The van der Waals surface area contributed by atoms with E-state index in [1.165, 1.54) is 16.7 Å². The highest BCUT2D eigenvalue weighted by molar-refractivity contribution is 8.00. The van der Waals surface area contributed by atoms with Crippen LogP contribution in [0.4, 0.5) is 0 Å². The molecule has 0 bridgehead atoms. The number of carboxylic acid groups (broad SMARTS) is 1. The van der Waals surface area contributed by atoms with Crippen LogP contribution in [0.1, 0.15) is 23.0 Å². The number of carbonyl (C=O) groups is 3. The number of aromatic carboxylic acids is 1. The molecule has 116 valence electrons. The van der Waals surface area contributed by atoms with E-state index in [2.05, 4.69) is 5.32 Å². The van der Waals surface area contributed by atoms with Gasteiger partial charge in [0.15, 0.2) is 0 Å². The third-order valence-corrected chi connectivity index (χ3v) is 4.55. The summed E-state index contributed by atoms with van der Waals surface area (Å²) in [6, 6.07) is 1.54. The van der Waals surface area contributed by atoms with Gasteiger partial charge in [0.05, 0.1) is 12.3 Å². The van der Waals surface area contributed by atoms with E-state index < -0.39 is 5.97 Å². The van der Waals surface area contributed by atoms with Gasteiger partial charge in [-0.05, 0) is 12.5 Å². The van der Waals surface area contributed by atoms with Crippen LogP contribution in [0, 0.1) is 0 Å². The number of carbonyl (C=O) groups excluding carboxylic acids is 2. The van der Waals surface area contributed by atoms with E-state index in [0.29, 0.717) is 6.54 Å². The molecule has 2 amide bonds. The number of nitrogens with zero attached hydrogens (tertiary/aromatic N) is 1. The number of amides is 2. The predicted octanol–water partition coefficient (Wildman–Crippen LogP) is 1.52. The maximum atomic E-state index is 11.9. The number of carboxylic acids is 1. The van der Waals surface area contributed by atoms with Crippen molar-refractivity contribution in [1.82, 2.24) is 10.2 Å².